The first-order valence-electron chi connectivity index (χ1n) is 10.0. The number of carbonyl (C=O) groups is 2. The number of hydrogen-bond acceptors (Lipinski definition) is 7. The molecule has 2 amide bonds. The van der Waals surface area contributed by atoms with E-state index >= 15 is 0 Å². The maximum Gasteiger partial charge on any atom is 0.573 e. The number of alkyl halides is 4. The Balaban J connectivity index is 1.50. The van der Waals surface area contributed by atoms with Gasteiger partial charge in [0.1, 0.15) is 17.7 Å². The van der Waals surface area contributed by atoms with Crippen LogP contribution in [0.1, 0.15) is 22.5 Å². The lowest BCUT2D eigenvalue weighted by Gasteiger charge is -2.10. The number of halogens is 5. The van der Waals surface area contributed by atoms with E-state index in [-0.39, 0.29) is 36.6 Å². The normalized spacial score (nSPS) is 12.3. The highest BCUT2D eigenvalue weighted by atomic mass is 19.4. The Morgan fingerprint density at radius 1 is 1.14 bits per heavy atom. The second-order valence-corrected chi connectivity index (χ2v) is 7.18. The molecule has 16 heteroatoms. The molecule has 188 valence electrons. The first kappa shape index (κ1) is 25.5. The highest BCUT2D eigenvalue weighted by Gasteiger charge is 2.31. The highest BCUT2D eigenvalue weighted by Crippen LogP contribution is 2.25. The summed E-state index contributed by atoms with van der Waals surface area (Å²) in [5.74, 6) is -2.83. The number of benzene rings is 1. The van der Waals surface area contributed by atoms with Gasteiger partial charge in [0.25, 0.3) is 5.91 Å². The number of aromatic nitrogens is 6. The predicted molar refractivity (Wildman–Crippen MR) is 108 cm³/mol. The SMILES string of the molecule is CNC(=O)c1cn(CCC(F)Cn2cc(NC(=O)Cc3cc(OC(F)(F)F)ccc3F)nn2)nn1. The van der Waals surface area contributed by atoms with E-state index in [9.17, 15) is 31.5 Å². The van der Waals surface area contributed by atoms with Crippen LogP contribution in [0.25, 0.3) is 0 Å². The highest BCUT2D eigenvalue weighted by molar-refractivity contribution is 5.91. The third-order valence-electron chi connectivity index (χ3n) is 4.46. The molecule has 0 bridgehead atoms. The van der Waals surface area contributed by atoms with Gasteiger partial charge in [0, 0.05) is 25.6 Å². The summed E-state index contributed by atoms with van der Waals surface area (Å²) < 4.78 is 71.4. The third-order valence-corrected chi connectivity index (χ3v) is 4.46. The fourth-order valence-electron chi connectivity index (χ4n) is 2.90. The molecule has 0 saturated carbocycles. The van der Waals surface area contributed by atoms with Crippen LogP contribution in [0.5, 0.6) is 5.75 Å². The summed E-state index contributed by atoms with van der Waals surface area (Å²) in [6, 6.07) is 2.30. The first-order valence-corrected chi connectivity index (χ1v) is 10.0. The zero-order valence-corrected chi connectivity index (χ0v) is 18.1. The van der Waals surface area contributed by atoms with Gasteiger partial charge < -0.3 is 15.4 Å². The smallest absolute Gasteiger partial charge is 0.406 e. The van der Waals surface area contributed by atoms with E-state index in [0.29, 0.717) is 0 Å². The number of anilines is 1. The van der Waals surface area contributed by atoms with Crippen molar-refractivity contribution in [2.45, 2.75) is 38.5 Å². The van der Waals surface area contributed by atoms with Crippen LogP contribution in [0.15, 0.2) is 30.6 Å². The van der Waals surface area contributed by atoms with Gasteiger partial charge in [0.05, 0.1) is 25.4 Å². The van der Waals surface area contributed by atoms with Gasteiger partial charge >= 0.3 is 6.36 Å². The summed E-state index contributed by atoms with van der Waals surface area (Å²) in [5, 5.41) is 19.5. The number of ether oxygens (including phenoxy) is 1. The summed E-state index contributed by atoms with van der Waals surface area (Å²) in [6.45, 7) is -0.0581. The monoisotopic (exact) mass is 502 g/mol. The van der Waals surface area contributed by atoms with Crippen LogP contribution in [-0.2, 0) is 24.3 Å². The number of amides is 2. The number of hydrogen-bond donors (Lipinski definition) is 2. The maximum absolute atomic E-state index is 14.3. The van der Waals surface area contributed by atoms with E-state index in [1.807, 2.05) is 0 Å². The molecule has 1 atom stereocenters. The number of rotatable bonds is 10. The van der Waals surface area contributed by atoms with Gasteiger partial charge in [-0.25, -0.2) is 13.5 Å². The Kier molecular flexibility index (Phi) is 7.93. The number of nitrogens with zero attached hydrogens (tertiary/aromatic N) is 6. The van der Waals surface area contributed by atoms with Gasteiger partial charge in [0.2, 0.25) is 5.91 Å². The topological polar surface area (TPSA) is 129 Å². The van der Waals surface area contributed by atoms with Gasteiger partial charge in [0.15, 0.2) is 11.5 Å². The average molecular weight is 502 g/mol. The summed E-state index contributed by atoms with van der Waals surface area (Å²) in [4.78, 5) is 23.6. The molecule has 0 aliphatic carbocycles. The average Bonchev–Trinajstić information content (AvgIpc) is 3.42. The van der Waals surface area contributed by atoms with E-state index in [0.717, 1.165) is 22.9 Å². The van der Waals surface area contributed by atoms with Gasteiger partial charge in [-0.3, -0.25) is 14.3 Å². The fraction of sp³-hybridized carbons (Fsp3) is 0.368. The zero-order chi connectivity index (χ0) is 25.6. The standard InChI is InChI=1S/C19H19F5N8O3/c1-25-18(34)15-9-31(29-27-15)5-4-12(20)8-32-10-16(28-30-32)26-17(33)7-11-6-13(2-3-14(11)21)35-19(22,23)24/h2-3,6,9-10,12H,4-5,7-8H2,1H3,(H,25,34)(H,26,33). The lowest BCUT2D eigenvalue weighted by Crippen LogP contribution is -2.18. The minimum Gasteiger partial charge on any atom is -0.406 e. The number of nitrogens with one attached hydrogen (secondary N) is 2. The maximum atomic E-state index is 14.3. The van der Waals surface area contributed by atoms with Crippen LogP contribution in [0.3, 0.4) is 0 Å². The second-order valence-electron chi connectivity index (χ2n) is 7.18. The van der Waals surface area contributed by atoms with Crippen LogP contribution in [0, 0.1) is 5.82 Å². The second kappa shape index (κ2) is 10.9. The molecule has 0 radical (unpaired) electrons. The number of carbonyl (C=O) groups excluding carboxylic acids is 2. The molecule has 2 heterocycles. The van der Waals surface area contributed by atoms with E-state index in [1.165, 1.54) is 24.1 Å². The van der Waals surface area contributed by atoms with Gasteiger partial charge in [-0.1, -0.05) is 10.4 Å². The van der Waals surface area contributed by atoms with E-state index < -0.39 is 42.3 Å². The van der Waals surface area contributed by atoms with Crippen molar-refractivity contribution in [3.63, 3.8) is 0 Å². The van der Waals surface area contributed by atoms with Crippen LogP contribution in [0.4, 0.5) is 27.8 Å². The molecule has 11 nitrogen and oxygen atoms in total. The van der Waals surface area contributed by atoms with Crippen molar-refractivity contribution in [1.29, 1.82) is 0 Å². The molecule has 0 saturated heterocycles. The van der Waals surface area contributed by atoms with Crippen molar-refractivity contribution in [3.05, 3.63) is 47.7 Å². The molecule has 2 N–H and O–H groups in total. The van der Waals surface area contributed by atoms with E-state index in [4.69, 9.17) is 0 Å². The molecule has 35 heavy (non-hydrogen) atoms. The lowest BCUT2D eigenvalue weighted by atomic mass is 10.1. The van der Waals surface area contributed by atoms with E-state index in [1.54, 1.807) is 0 Å². The summed E-state index contributed by atoms with van der Waals surface area (Å²) >= 11 is 0. The van der Waals surface area contributed by atoms with Crippen molar-refractivity contribution in [2.24, 2.45) is 0 Å². The predicted octanol–water partition coefficient (Wildman–Crippen LogP) is 1.88. The zero-order valence-electron chi connectivity index (χ0n) is 18.1. The molecule has 2 aromatic heterocycles. The van der Waals surface area contributed by atoms with Crippen molar-refractivity contribution in [2.75, 3.05) is 12.4 Å². The van der Waals surface area contributed by atoms with Crippen molar-refractivity contribution < 1.29 is 36.3 Å². The summed E-state index contributed by atoms with van der Waals surface area (Å²) in [6.07, 6.45) is -4.30. The van der Waals surface area contributed by atoms with Gasteiger partial charge in [-0.05, 0) is 18.2 Å². The molecule has 0 aliphatic rings. The molecule has 0 aliphatic heterocycles. The molecule has 1 aromatic carbocycles. The van der Waals surface area contributed by atoms with Crippen LogP contribution in [0.2, 0.25) is 0 Å². The van der Waals surface area contributed by atoms with Crippen LogP contribution in [-0.4, -0.2) is 61.4 Å². The molecular weight excluding hydrogens is 483 g/mol. The van der Waals surface area contributed by atoms with E-state index in [2.05, 4.69) is 36.0 Å². The molecule has 3 rings (SSSR count). The Bertz CT molecular complexity index is 1180. The number of aryl methyl sites for hydroxylation is 1. The van der Waals surface area contributed by atoms with Gasteiger partial charge in [-0.2, -0.15) is 0 Å². The largest absolute Gasteiger partial charge is 0.573 e. The molecular formula is C19H19F5N8O3. The quantitative estimate of drug-likeness (QED) is 0.405. The van der Waals surface area contributed by atoms with Crippen molar-refractivity contribution in [1.82, 2.24) is 35.3 Å². The van der Waals surface area contributed by atoms with Gasteiger partial charge in [-0.15, -0.1) is 23.4 Å². The van der Waals surface area contributed by atoms with Crippen molar-refractivity contribution in [3.8, 4) is 5.75 Å². The minimum absolute atomic E-state index is 0.0215. The Hall–Kier alpha value is -4.11. The van der Waals surface area contributed by atoms with Crippen molar-refractivity contribution >= 4 is 17.6 Å². The molecule has 3 aromatic rings. The summed E-state index contributed by atoms with van der Waals surface area (Å²) in [5.41, 5.74) is -0.229. The lowest BCUT2D eigenvalue weighted by molar-refractivity contribution is -0.274. The molecule has 0 fully saturated rings. The fourth-order valence-corrected chi connectivity index (χ4v) is 2.90. The van der Waals surface area contributed by atoms with Crippen LogP contribution >= 0.6 is 0 Å². The first-order chi connectivity index (χ1) is 16.5. The third kappa shape index (κ3) is 7.72. The molecule has 0 spiro atoms. The Labute approximate surface area is 194 Å². The van der Waals surface area contributed by atoms with Crippen LogP contribution < -0.4 is 15.4 Å². The minimum atomic E-state index is -4.96. The molecule has 1 unspecified atom stereocenters. The Morgan fingerprint density at radius 2 is 1.89 bits per heavy atom. The summed E-state index contributed by atoms with van der Waals surface area (Å²) in [7, 11) is 1.44. The Morgan fingerprint density at radius 3 is 2.60 bits per heavy atom.